The lowest BCUT2D eigenvalue weighted by Crippen LogP contribution is -2.61. The third-order valence-electron chi connectivity index (χ3n) is 3.77. The maximum Gasteiger partial charge on any atom is 0.258 e. The van der Waals surface area contributed by atoms with Crippen molar-refractivity contribution in [3.8, 4) is 0 Å². The molecular weight excluding hydrogens is 298 g/mol. The van der Waals surface area contributed by atoms with E-state index in [1.165, 1.54) is 11.2 Å². The molecule has 8 nitrogen and oxygen atoms in total. The molecule has 0 spiro atoms. The molecule has 1 heterocycles. The van der Waals surface area contributed by atoms with E-state index in [1.807, 2.05) is 13.8 Å². The first-order chi connectivity index (χ1) is 10.8. The van der Waals surface area contributed by atoms with Crippen LogP contribution < -0.4 is 21.8 Å². The number of carbonyl (C=O) groups excluding carboxylic acids is 3. The largest absolute Gasteiger partial charge is 0.380 e. The summed E-state index contributed by atoms with van der Waals surface area (Å²) in [5.41, 5.74) is 8.08. The van der Waals surface area contributed by atoms with Crippen LogP contribution in [0.15, 0.2) is 12.8 Å². The van der Waals surface area contributed by atoms with Crippen molar-refractivity contribution in [2.45, 2.75) is 51.7 Å². The molecule has 130 valence electrons. The van der Waals surface area contributed by atoms with Gasteiger partial charge in [-0.1, -0.05) is 20.4 Å². The molecule has 3 unspecified atom stereocenters. The van der Waals surface area contributed by atoms with Gasteiger partial charge < -0.3 is 16.4 Å². The van der Waals surface area contributed by atoms with Gasteiger partial charge in [-0.2, -0.15) is 0 Å². The van der Waals surface area contributed by atoms with Crippen LogP contribution in [0.5, 0.6) is 0 Å². The number of rotatable bonds is 7. The van der Waals surface area contributed by atoms with Gasteiger partial charge >= 0.3 is 0 Å². The zero-order chi connectivity index (χ0) is 17.6. The van der Waals surface area contributed by atoms with E-state index < -0.39 is 24.0 Å². The van der Waals surface area contributed by atoms with Crippen LogP contribution in [0.25, 0.3) is 0 Å². The van der Waals surface area contributed by atoms with Crippen molar-refractivity contribution in [3.63, 3.8) is 0 Å². The second kappa shape index (κ2) is 8.52. The zero-order valence-electron chi connectivity index (χ0n) is 14.0. The van der Waals surface area contributed by atoms with Gasteiger partial charge in [0.2, 0.25) is 11.8 Å². The molecule has 8 heteroatoms. The van der Waals surface area contributed by atoms with E-state index in [-0.39, 0.29) is 17.7 Å². The number of nitrogens with zero attached hydrogens (tertiary/aromatic N) is 1. The quantitative estimate of drug-likeness (QED) is 0.490. The highest BCUT2D eigenvalue weighted by atomic mass is 16.2. The number of nitrogens with two attached hydrogens (primary N) is 1. The molecule has 1 aliphatic heterocycles. The van der Waals surface area contributed by atoms with E-state index in [0.29, 0.717) is 19.4 Å². The molecule has 1 rings (SSSR count). The molecule has 0 aromatic carbocycles. The normalized spacial score (nSPS) is 20.5. The van der Waals surface area contributed by atoms with Gasteiger partial charge in [-0.3, -0.25) is 19.4 Å². The Hall–Kier alpha value is -2.09. The van der Waals surface area contributed by atoms with Crippen LogP contribution in [0.2, 0.25) is 0 Å². The predicted octanol–water partition coefficient (Wildman–Crippen LogP) is -0.770. The van der Waals surface area contributed by atoms with E-state index in [9.17, 15) is 14.4 Å². The number of hydrogen-bond acceptors (Lipinski definition) is 5. The van der Waals surface area contributed by atoms with Gasteiger partial charge in [0.05, 0.1) is 0 Å². The first kappa shape index (κ1) is 19.0. The Kier molecular flexibility index (Phi) is 7.02. The minimum Gasteiger partial charge on any atom is -0.380 e. The number of hydrazine groups is 1. The van der Waals surface area contributed by atoms with Crippen molar-refractivity contribution in [3.05, 3.63) is 12.8 Å². The van der Waals surface area contributed by atoms with Gasteiger partial charge in [0.25, 0.3) is 5.91 Å². The first-order valence-corrected chi connectivity index (χ1v) is 7.82. The van der Waals surface area contributed by atoms with Gasteiger partial charge in [0.1, 0.15) is 18.1 Å². The number of nitrogens with one attached hydrogen (secondary N) is 3. The van der Waals surface area contributed by atoms with Crippen molar-refractivity contribution in [1.29, 1.82) is 0 Å². The first-order valence-electron chi connectivity index (χ1n) is 7.82. The van der Waals surface area contributed by atoms with Gasteiger partial charge in [-0.15, -0.1) is 0 Å². The summed E-state index contributed by atoms with van der Waals surface area (Å²) in [6.07, 6.45) is 2.73. The molecule has 0 aliphatic carbocycles. The maximum atomic E-state index is 12.4. The Morgan fingerprint density at radius 1 is 1.35 bits per heavy atom. The third kappa shape index (κ3) is 5.24. The monoisotopic (exact) mass is 325 g/mol. The average Bonchev–Trinajstić information content (AvgIpc) is 2.51. The van der Waals surface area contributed by atoms with Crippen molar-refractivity contribution >= 4 is 17.7 Å². The van der Waals surface area contributed by atoms with Gasteiger partial charge in [-0.25, -0.2) is 5.43 Å². The van der Waals surface area contributed by atoms with E-state index >= 15 is 0 Å². The molecule has 1 fully saturated rings. The number of amides is 3. The minimum atomic E-state index is -0.713. The molecule has 0 aromatic rings. The van der Waals surface area contributed by atoms with Crippen LogP contribution in [0.4, 0.5) is 0 Å². The molecule has 0 radical (unpaired) electrons. The van der Waals surface area contributed by atoms with E-state index in [2.05, 4.69) is 22.6 Å². The molecular formula is C15H27N5O3. The van der Waals surface area contributed by atoms with Crippen LogP contribution in [0.3, 0.4) is 0 Å². The molecule has 0 aromatic heterocycles. The molecule has 5 N–H and O–H groups in total. The summed E-state index contributed by atoms with van der Waals surface area (Å²) in [6.45, 7) is 9.44. The highest BCUT2D eigenvalue weighted by molar-refractivity contribution is 5.90. The molecule has 1 saturated heterocycles. The standard InChI is InChI=1S/C15H27N5O3/c1-5-17-12(9(2)3)14(22)18-10(4)15(23)20-8-6-7-11(19-20)13(16)21/h5,9-12,17,19H,1,6-8H2,2-4H3,(H2,16,21)(H,18,22). The Bertz CT molecular complexity index is 466. The lowest BCUT2D eigenvalue weighted by atomic mass is 10.0. The highest BCUT2D eigenvalue weighted by Gasteiger charge is 2.31. The summed E-state index contributed by atoms with van der Waals surface area (Å²) < 4.78 is 0. The number of hydrogen-bond donors (Lipinski definition) is 4. The Balaban J connectivity index is 2.63. The molecule has 3 amide bonds. The van der Waals surface area contributed by atoms with E-state index in [1.54, 1.807) is 6.92 Å². The van der Waals surface area contributed by atoms with E-state index in [0.717, 1.165) is 0 Å². The lowest BCUT2D eigenvalue weighted by Gasteiger charge is -2.34. The van der Waals surface area contributed by atoms with Crippen LogP contribution in [0.1, 0.15) is 33.6 Å². The van der Waals surface area contributed by atoms with Crippen LogP contribution >= 0.6 is 0 Å². The lowest BCUT2D eigenvalue weighted by molar-refractivity contribution is -0.142. The fourth-order valence-electron chi connectivity index (χ4n) is 2.45. The van der Waals surface area contributed by atoms with E-state index in [4.69, 9.17) is 5.73 Å². The predicted molar refractivity (Wildman–Crippen MR) is 86.6 cm³/mol. The van der Waals surface area contributed by atoms with Crippen molar-refractivity contribution < 1.29 is 14.4 Å². The average molecular weight is 325 g/mol. The highest BCUT2D eigenvalue weighted by Crippen LogP contribution is 2.09. The van der Waals surface area contributed by atoms with Gasteiger partial charge in [-0.05, 0) is 31.9 Å². The molecule has 0 bridgehead atoms. The molecule has 1 aliphatic rings. The Labute approximate surface area is 136 Å². The topological polar surface area (TPSA) is 117 Å². The summed E-state index contributed by atoms with van der Waals surface area (Å²) in [5, 5.41) is 6.92. The fourth-order valence-corrected chi connectivity index (χ4v) is 2.45. The zero-order valence-corrected chi connectivity index (χ0v) is 14.0. The summed E-state index contributed by atoms with van der Waals surface area (Å²) in [4.78, 5) is 35.9. The van der Waals surface area contributed by atoms with Crippen molar-refractivity contribution in [1.82, 2.24) is 21.1 Å². The maximum absolute atomic E-state index is 12.4. The van der Waals surface area contributed by atoms with Crippen molar-refractivity contribution in [2.24, 2.45) is 11.7 Å². The minimum absolute atomic E-state index is 0.0441. The second-order valence-corrected chi connectivity index (χ2v) is 6.04. The Morgan fingerprint density at radius 2 is 2.00 bits per heavy atom. The second-order valence-electron chi connectivity index (χ2n) is 6.04. The fraction of sp³-hybridized carbons (Fsp3) is 0.667. The summed E-state index contributed by atoms with van der Waals surface area (Å²) in [7, 11) is 0. The number of primary amides is 1. The summed E-state index contributed by atoms with van der Waals surface area (Å²) >= 11 is 0. The summed E-state index contributed by atoms with van der Waals surface area (Å²) in [6, 6.07) is -1.73. The molecule has 0 saturated carbocycles. The molecule has 3 atom stereocenters. The smallest absolute Gasteiger partial charge is 0.258 e. The number of carbonyl (C=O) groups is 3. The van der Waals surface area contributed by atoms with Crippen LogP contribution in [-0.4, -0.2) is 47.4 Å². The SMILES string of the molecule is C=CNC(C(=O)NC(C)C(=O)N1CCCC(C(N)=O)N1)C(C)C. The molecule has 23 heavy (non-hydrogen) atoms. The van der Waals surface area contributed by atoms with Crippen LogP contribution in [-0.2, 0) is 14.4 Å². The van der Waals surface area contributed by atoms with Crippen LogP contribution in [0, 0.1) is 5.92 Å². The third-order valence-corrected chi connectivity index (χ3v) is 3.77. The van der Waals surface area contributed by atoms with Gasteiger partial charge in [0.15, 0.2) is 0 Å². The summed E-state index contributed by atoms with van der Waals surface area (Å²) in [5.74, 6) is -1.02. The Morgan fingerprint density at radius 3 is 2.52 bits per heavy atom. The van der Waals surface area contributed by atoms with Crippen molar-refractivity contribution in [2.75, 3.05) is 6.54 Å². The van der Waals surface area contributed by atoms with Gasteiger partial charge in [0, 0.05) is 6.54 Å².